The lowest BCUT2D eigenvalue weighted by atomic mass is 10.3. The van der Waals surface area contributed by atoms with E-state index < -0.39 is 4.92 Å². The minimum absolute atomic E-state index is 0.0348. The van der Waals surface area contributed by atoms with E-state index in [1.165, 1.54) is 11.8 Å². The number of phenols is 1. The third kappa shape index (κ3) is 3.21. The van der Waals surface area contributed by atoms with Gasteiger partial charge >= 0.3 is 5.69 Å². The maximum Gasteiger partial charge on any atom is 0.324 e. The average Bonchev–Trinajstić information content (AvgIpc) is 2.41. The van der Waals surface area contributed by atoms with E-state index >= 15 is 0 Å². The first-order valence-corrected chi connectivity index (χ1v) is 6.80. The topological polar surface area (TPSA) is 72.6 Å². The molecule has 0 atom stereocenters. The highest BCUT2D eigenvalue weighted by Gasteiger charge is 2.21. The normalized spacial score (nSPS) is 10.2. The zero-order chi connectivity index (χ0) is 14.5. The second-order valence-electron chi connectivity index (χ2n) is 3.89. The molecule has 0 aromatic heterocycles. The van der Waals surface area contributed by atoms with Crippen molar-refractivity contribution in [2.45, 2.75) is 16.7 Å². The van der Waals surface area contributed by atoms with Crippen molar-refractivity contribution in [3.8, 4) is 11.5 Å². The van der Waals surface area contributed by atoms with Crippen molar-refractivity contribution in [2.24, 2.45) is 0 Å². The molecule has 5 nitrogen and oxygen atoms in total. The summed E-state index contributed by atoms with van der Waals surface area (Å²) in [5.41, 5.74) is -0.0348. The van der Waals surface area contributed by atoms with E-state index in [0.29, 0.717) is 11.5 Å². The highest BCUT2D eigenvalue weighted by Crippen LogP contribution is 2.40. The van der Waals surface area contributed by atoms with Crippen molar-refractivity contribution in [3.63, 3.8) is 0 Å². The molecule has 0 heterocycles. The van der Waals surface area contributed by atoms with Crippen LogP contribution >= 0.6 is 11.8 Å². The van der Waals surface area contributed by atoms with Crippen molar-refractivity contribution >= 4 is 17.4 Å². The van der Waals surface area contributed by atoms with Gasteiger partial charge in [0.05, 0.1) is 16.4 Å². The molecule has 2 aromatic carbocycles. The lowest BCUT2D eigenvalue weighted by Crippen LogP contribution is -1.98. The molecule has 0 saturated carbocycles. The first-order chi connectivity index (χ1) is 9.61. The van der Waals surface area contributed by atoms with Gasteiger partial charge in [0.25, 0.3) is 0 Å². The molecular formula is C14H13NO4S. The van der Waals surface area contributed by atoms with Crippen molar-refractivity contribution in [1.29, 1.82) is 0 Å². The molecule has 20 heavy (non-hydrogen) atoms. The number of hydrogen-bond acceptors (Lipinski definition) is 5. The van der Waals surface area contributed by atoms with E-state index in [0.717, 1.165) is 4.90 Å². The number of aromatic hydroxyl groups is 1. The second kappa shape index (κ2) is 6.29. The van der Waals surface area contributed by atoms with Gasteiger partial charge in [-0.15, -0.1) is 0 Å². The van der Waals surface area contributed by atoms with Crippen LogP contribution in [0.2, 0.25) is 0 Å². The van der Waals surface area contributed by atoms with Gasteiger partial charge in [0.15, 0.2) is 5.75 Å². The Hall–Kier alpha value is -2.21. The van der Waals surface area contributed by atoms with E-state index in [-0.39, 0.29) is 17.2 Å². The van der Waals surface area contributed by atoms with Crippen LogP contribution < -0.4 is 4.74 Å². The number of nitrogens with zero attached hydrogens (tertiary/aromatic N) is 1. The van der Waals surface area contributed by atoms with Gasteiger partial charge in [-0.3, -0.25) is 10.1 Å². The Labute approximate surface area is 120 Å². The third-order valence-corrected chi connectivity index (χ3v) is 3.57. The number of para-hydroxylation sites is 1. The summed E-state index contributed by atoms with van der Waals surface area (Å²) in [7, 11) is 0. The molecule has 2 aromatic rings. The van der Waals surface area contributed by atoms with Gasteiger partial charge in [-0.2, -0.15) is 0 Å². The van der Waals surface area contributed by atoms with Crippen LogP contribution in [0.5, 0.6) is 11.5 Å². The molecule has 104 valence electrons. The SMILES string of the molecule is CCOc1cccc(Sc2ccc(O)cc2)c1[N+](=O)[O-]. The quantitative estimate of drug-likeness (QED) is 0.669. The maximum absolute atomic E-state index is 11.2. The molecule has 1 N–H and O–H groups in total. The number of nitro groups is 1. The van der Waals surface area contributed by atoms with E-state index in [2.05, 4.69) is 0 Å². The average molecular weight is 291 g/mol. The van der Waals surface area contributed by atoms with Gasteiger partial charge in [-0.25, -0.2) is 0 Å². The largest absolute Gasteiger partial charge is 0.508 e. The Morgan fingerprint density at radius 2 is 1.95 bits per heavy atom. The Morgan fingerprint density at radius 3 is 2.55 bits per heavy atom. The molecule has 0 aliphatic carbocycles. The summed E-state index contributed by atoms with van der Waals surface area (Å²) in [6, 6.07) is 11.5. The molecule has 0 amide bonds. The fraction of sp³-hybridized carbons (Fsp3) is 0.143. The van der Waals surface area contributed by atoms with Gasteiger partial charge < -0.3 is 9.84 Å². The van der Waals surface area contributed by atoms with Gasteiger partial charge in [0.1, 0.15) is 5.75 Å². The molecule has 0 saturated heterocycles. The van der Waals surface area contributed by atoms with Gasteiger partial charge in [0, 0.05) is 4.90 Å². The Kier molecular flexibility index (Phi) is 4.47. The monoisotopic (exact) mass is 291 g/mol. The molecule has 6 heteroatoms. The van der Waals surface area contributed by atoms with Crippen LogP contribution in [0.1, 0.15) is 6.92 Å². The molecular weight excluding hydrogens is 278 g/mol. The minimum Gasteiger partial charge on any atom is -0.508 e. The Bertz CT molecular complexity index is 613. The summed E-state index contributed by atoms with van der Waals surface area (Å²) >= 11 is 1.26. The number of hydrogen-bond donors (Lipinski definition) is 1. The van der Waals surface area contributed by atoms with E-state index in [4.69, 9.17) is 4.74 Å². The van der Waals surface area contributed by atoms with E-state index in [9.17, 15) is 15.2 Å². The van der Waals surface area contributed by atoms with Gasteiger partial charge in [0.2, 0.25) is 0 Å². The number of rotatable bonds is 5. The molecule has 0 spiro atoms. The zero-order valence-electron chi connectivity index (χ0n) is 10.8. The van der Waals surface area contributed by atoms with E-state index in [1.54, 1.807) is 49.4 Å². The summed E-state index contributed by atoms with van der Waals surface area (Å²) in [4.78, 5) is 12.1. The van der Waals surface area contributed by atoms with Gasteiger partial charge in [-0.05, 0) is 43.3 Å². The summed E-state index contributed by atoms with van der Waals surface area (Å²) in [5.74, 6) is 0.424. The van der Waals surface area contributed by atoms with Crippen LogP contribution in [-0.4, -0.2) is 16.6 Å². The summed E-state index contributed by atoms with van der Waals surface area (Å²) < 4.78 is 5.30. The van der Waals surface area contributed by atoms with Crippen molar-refractivity contribution in [3.05, 3.63) is 52.6 Å². The van der Waals surface area contributed by atoms with Crippen LogP contribution in [0.15, 0.2) is 52.3 Å². The summed E-state index contributed by atoms with van der Waals surface area (Å²) in [6.45, 7) is 2.15. The summed E-state index contributed by atoms with van der Waals surface area (Å²) in [6.07, 6.45) is 0. The molecule has 0 aliphatic rings. The Morgan fingerprint density at radius 1 is 1.25 bits per heavy atom. The zero-order valence-corrected chi connectivity index (χ0v) is 11.6. The third-order valence-electron chi connectivity index (χ3n) is 2.51. The highest BCUT2D eigenvalue weighted by molar-refractivity contribution is 7.99. The highest BCUT2D eigenvalue weighted by atomic mass is 32.2. The van der Waals surface area contributed by atoms with Crippen LogP contribution in [0, 0.1) is 10.1 Å². The predicted molar refractivity (Wildman–Crippen MR) is 76.5 cm³/mol. The van der Waals surface area contributed by atoms with E-state index in [1.807, 2.05) is 0 Å². The fourth-order valence-electron chi connectivity index (χ4n) is 1.68. The van der Waals surface area contributed by atoms with Crippen molar-refractivity contribution in [1.82, 2.24) is 0 Å². The van der Waals surface area contributed by atoms with Crippen LogP contribution in [-0.2, 0) is 0 Å². The first-order valence-electron chi connectivity index (χ1n) is 5.99. The van der Waals surface area contributed by atoms with Crippen molar-refractivity contribution in [2.75, 3.05) is 6.61 Å². The smallest absolute Gasteiger partial charge is 0.324 e. The molecule has 2 rings (SSSR count). The van der Waals surface area contributed by atoms with Crippen LogP contribution in [0.4, 0.5) is 5.69 Å². The van der Waals surface area contributed by atoms with Crippen LogP contribution in [0.25, 0.3) is 0 Å². The number of benzene rings is 2. The number of ether oxygens (including phenoxy) is 1. The second-order valence-corrected chi connectivity index (χ2v) is 5.00. The Balaban J connectivity index is 2.37. The van der Waals surface area contributed by atoms with Crippen molar-refractivity contribution < 1.29 is 14.8 Å². The maximum atomic E-state index is 11.2. The number of nitro benzene ring substituents is 1. The minimum atomic E-state index is -0.437. The molecule has 0 radical (unpaired) electrons. The van der Waals surface area contributed by atoms with Gasteiger partial charge in [-0.1, -0.05) is 17.8 Å². The first kappa shape index (κ1) is 14.2. The van der Waals surface area contributed by atoms with Crippen LogP contribution in [0.3, 0.4) is 0 Å². The summed E-state index contributed by atoms with van der Waals surface area (Å²) in [5, 5.41) is 20.5. The molecule has 0 fully saturated rings. The standard InChI is InChI=1S/C14H13NO4S/c1-2-19-12-4-3-5-13(14(12)15(17)18)20-11-8-6-10(16)7-9-11/h3-9,16H,2H2,1H3. The predicted octanol–water partition coefficient (Wildman–Crippen LogP) is 3.85. The molecule has 0 unspecified atom stereocenters. The fourth-order valence-corrected chi connectivity index (χ4v) is 2.62. The lowest BCUT2D eigenvalue weighted by Gasteiger charge is -2.08. The molecule has 0 bridgehead atoms. The lowest BCUT2D eigenvalue weighted by molar-refractivity contribution is -0.388. The molecule has 0 aliphatic heterocycles. The number of phenolic OH excluding ortho intramolecular Hbond substituents is 1.